The van der Waals surface area contributed by atoms with E-state index in [4.69, 9.17) is 4.52 Å². The Kier molecular flexibility index (Phi) is 5.03. The largest absolute Gasteiger partial charge is 0.370 e. The van der Waals surface area contributed by atoms with Crippen LogP contribution in [0.5, 0.6) is 0 Å². The number of nitrogens with zero attached hydrogens (tertiary/aromatic N) is 4. The average Bonchev–Trinajstić information content (AvgIpc) is 2.92. The van der Waals surface area contributed by atoms with E-state index in [1.807, 2.05) is 13.8 Å². The van der Waals surface area contributed by atoms with Gasteiger partial charge in [0.15, 0.2) is 5.82 Å². The highest BCUT2D eigenvalue weighted by Crippen LogP contribution is 2.18. The number of hydrogen-bond acceptors (Lipinski definition) is 7. The molecule has 0 saturated heterocycles. The lowest BCUT2D eigenvalue weighted by Crippen LogP contribution is -2.05. The van der Waals surface area contributed by atoms with E-state index < -0.39 is 4.92 Å². The van der Waals surface area contributed by atoms with Gasteiger partial charge in [0, 0.05) is 24.4 Å². The highest BCUT2D eigenvalue weighted by atomic mass is 16.6. The van der Waals surface area contributed by atoms with Crippen LogP contribution in [-0.4, -0.2) is 26.6 Å². The molecular formula is C14H19N5O3. The Labute approximate surface area is 128 Å². The summed E-state index contributed by atoms with van der Waals surface area (Å²) in [4.78, 5) is 18.6. The van der Waals surface area contributed by atoms with Gasteiger partial charge in [0.1, 0.15) is 12.0 Å². The summed E-state index contributed by atoms with van der Waals surface area (Å²) in [5, 5.41) is 17.8. The van der Waals surface area contributed by atoms with E-state index in [1.54, 1.807) is 13.0 Å². The second-order valence-electron chi connectivity index (χ2n) is 5.34. The van der Waals surface area contributed by atoms with E-state index in [-0.39, 0.29) is 11.6 Å². The summed E-state index contributed by atoms with van der Waals surface area (Å²) in [5.74, 6) is 2.22. The molecule has 0 saturated carbocycles. The number of aryl methyl sites for hydroxylation is 2. The molecule has 0 unspecified atom stereocenters. The smallest absolute Gasteiger partial charge is 0.290 e. The molecule has 0 aromatic carbocycles. The highest BCUT2D eigenvalue weighted by Gasteiger charge is 2.11. The molecule has 8 nitrogen and oxygen atoms in total. The Morgan fingerprint density at radius 3 is 2.82 bits per heavy atom. The molecule has 0 atom stereocenters. The predicted molar refractivity (Wildman–Crippen MR) is 80.8 cm³/mol. The Hall–Kier alpha value is -2.51. The van der Waals surface area contributed by atoms with E-state index in [0.717, 1.165) is 12.2 Å². The van der Waals surface area contributed by atoms with Gasteiger partial charge in [-0.1, -0.05) is 19.0 Å². The Morgan fingerprint density at radius 1 is 1.45 bits per heavy atom. The minimum atomic E-state index is -0.437. The maximum absolute atomic E-state index is 10.7. The van der Waals surface area contributed by atoms with Gasteiger partial charge in [-0.05, 0) is 19.4 Å². The van der Waals surface area contributed by atoms with Gasteiger partial charge in [0.2, 0.25) is 5.89 Å². The molecule has 0 spiro atoms. The van der Waals surface area contributed by atoms with Gasteiger partial charge in [-0.25, -0.2) is 4.98 Å². The van der Waals surface area contributed by atoms with Crippen LogP contribution in [0.15, 0.2) is 16.8 Å². The zero-order chi connectivity index (χ0) is 16.1. The highest BCUT2D eigenvalue weighted by molar-refractivity contribution is 5.46. The topological polar surface area (TPSA) is 107 Å². The third-order valence-electron chi connectivity index (χ3n) is 3.15. The molecule has 0 aliphatic heterocycles. The second-order valence-corrected chi connectivity index (χ2v) is 5.34. The average molecular weight is 305 g/mol. The van der Waals surface area contributed by atoms with Crippen molar-refractivity contribution in [2.45, 2.75) is 39.5 Å². The molecule has 0 amide bonds. The molecule has 2 heterocycles. The summed E-state index contributed by atoms with van der Waals surface area (Å²) in [6, 6.07) is 1.67. The summed E-state index contributed by atoms with van der Waals surface area (Å²) in [5.41, 5.74) is 0.610. The van der Waals surface area contributed by atoms with Crippen LogP contribution in [0.4, 0.5) is 11.5 Å². The minimum absolute atomic E-state index is 0.0256. The van der Waals surface area contributed by atoms with Crippen molar-refractivity contribution in [3.63, 3.8) is 0 Å². The van der Waals surface area contributed by atoms with Gasteiger partial charge in [0.05, 0.1) is 4.92 Å². The summed E-state index contributed by atoms with van der Waals surface area (Å²) in [6.07, 6.45) is 2.75. The SMILES string of the molecule is Cc1cc(NCCCc2nc(C(C)C)no2)ncc1[N+](=O)[O-]. The van der Waals surface area contributed by atoms with Crippen LogP contribution in [-0.2, 0) is 6.42 Å². The molecular weight excluding hydrogens is 286 g/mol. The number of anilines is 1. The molecule has 0 aliphatic rings. The van der Waals surface area contributed by atoms with Crippen LogP contribution in [0, 0.1) is 17.0 Å². The molecule has 0 fully saturated rings. The number of nitrogens with one attached hydrogen (secondary N) is 1. The summed E-state index contributed by atoms with van der Waals surface area (Å²) < 4.78 is 5.16. The fourth-order valence-corrected chi connectivity index (χ4v) is 1.90. The number of aromatic nitrogens is 3. The molecule has 2 aromatic heterocycles. The van der Waals surface area contributed by atoms with Gasteiger partial charge in [-0.2, -0.15) is 4.98 Å². The lowest BCUT2D eigenvalue weighted by Gasteiger charge is -2.05. The van der Waals surface area contributed by atoms with Crippen LogP contribution >= 0.6 is 0 Å². The maximum atomic E-state index is 10.7. The molecule has 2 rings (SSSR count). The Morgan fingerprint density at radius 2 is 2.23 bits per heavy atom. The number of nitro groups is 1. The van der Waals surface area contributed by atoms with E-state index in [0.29, 0.717) is 30.2 Å². The van der Waals surface area contributed by atoms with Crippen molar-refractivity contribution < 1.29 is 9.45 Å². The van der Waals surface area contributed by atoms with Crippen LogP contribution in [0.3, 0.4) is 0 Å². The van der Waals surface area contributed by atoms with Crippen molar-refractivity contribution >= 4 is 11.5 Å². The first kappa shape index (κ1) is 15.9. The van der Waals surface area contributed by atoms with Gasteiger partial charge in [0.25, 0.3) is 5.69 Å². The lowest BCUT2D eigenvalue weighted by molar-refractivity contribution is -0.385. The first-order valence-corrected chi connectivity index (χ1v) is 7.14. The Balaban J connectivity index is 1.81. The quantitative estimate of drug-likeness (QED) is 0.476. The second kappa shape index (κ2) is 6.97. The zero-order valence-corrected chi connectivity index (χ0v) is 12.9. The van der Waals surface area contributed by atoms with Crippen molar-refractivity contribution in [2.24, 2.45) is 0 Å². The van der Waals surface area contributed by atoms with Crippen molar-refractivity contribution in [1.29, 1.82) is 0 Å². The first-order valence-electron chi connectivity index (χ1n) is 7.14. The minimum Gasteiger partial charge on any atom is -0.370 e. The first-order chi connectivity index (χ1) is 10.5. The van der Waals surface area contributed by atoms with Crippen LogP contribution in [0.2, 0.25) is 0 Å². The fraction of sp³-hybridized carbons (Fsp3) is 0.500. The van der Waals surface area contributed by atoms with E-state index >= 15 is 0 Å². The van der Waals surface area contributed by atoms with Crippen molar-refractivity contribution in [3.8, 4) is 0 Å². The van der Waals surface area contributed by atoms with Crippen LogP contribution in [0.25, 0.3) is 0 Å². The monoisotopic (exact) mass is 305 g/mol. The fourth-order valence-electron chi connectivity index (χ4n) is 1.90. The van der Waals surface area contributed by atoms with Crippen molar-refractivity contribution in [3.05, 3.63) is 39.7 Å². The third kappa shape index (κ3) is 4.00. The van der Waals surface area contributed by atoms with E-state index in [2.05, 4.69) is 20.4 Å². The molecule has 1 N–H and O–H groups in total. The zero-order valence-electron chi connectivity index (χ0n) is 12.9. The van der Waals surface area contributed by atoms with Crippen LogP contribution < -0.4 is 5.32 Å². The molecule has 2 aromatic rings. The standard InChI is InChI=1S/C14H19N5O3/c1-9(2)14-17-13(22-18-14)5-4-6-15-12-7-10(3)11(8-16-12)19(20)21/h7-9H,4-6H2,1-3H3,(H,15,16). The van der Waals surface area contributed by atoms with Gasteiger partial charge in [-0.3, -0.25) is 10.1 Å². The van der Waals surface area contributed by atoms with Gasteiger partial charge in [-0.15, -0.1) is 0 Å². The summed E-state index contributed by atoms with van der Waals surface area (Å²) in [6.45, 7) is 6.39. The molecule has 0 bridgehead atoms. The van der Waals surface area contributed by atoms with Crippen LogP contribution in [0.1, 0.15) is 43.5 Å². The number of hydrogen-bond donors (Lipinski definition) is 1. The predicted octanol–water partition coefficient (Wildman–Crippen LogP) is 2.85. The Bertz CT molecular complexity index is 654. The lowest BCUT2D eigenvalue weighted by atomic mass is 10.2. The summed E-state index contributed by atoms with van der Waals surface area (Å²) >= 11 is 0. The molecule has 0 aliphatic carbocycles. The molecule has 0 radical (unpaired) electrons. The van der Waals surface area contributed by atoms with Crippen molar-refractivity contribution in [2.75, 3.05) is 11.9 Å². The van der Waals surface area contributed by atoms with E-state index in [9.17, 15) is 10.1 Å². The molecule has 22 heavy (non-hydrogen) atoms. The van der Waals surface area contributed by atoms with E-state index in [1.165, 1.54) is 6.20 Å². The number of rotatable bonds is 7. The normalized spacial score (nSPS) is 10.9. The summed E-state index contributed by atoms with van der Waals surface area (Å²) in [7, 11) is 0. The van der Waals surface area contributed by atoms with Gasteiger partial charge < -0.3 is 9.84 Å². The number of pyridine rings is 1. The van der Waals surface area contributed by atoms with Crippen molar-refractivity contribution in [1.82, 2.24) is 15.1 Å². The maximum Gasteiger partial charge on any atom is 0.290 e. The molecule has 118 valence electrons. The van der Waals surface area contributed by atoms with Gasteiger partial charge >= 0.3 is 0 Å². The molecule has 8 heteroatoms. The third-order valence-corrected chi connectivity index (χ3v) is 3.15.